The highest BCUT2D eigenvalue weighted by Gasteiger charge is 2.35. The SMILES string of the molecule is O=C(c1cc(F)cc(F)c1)N(Cc1ccco1)C1CCS(=O)(=O)C1. The summed E-state index contributed by atoms with van der Waals surface area (Å²) in [5.74, 6) is -2.09. The summed E-state index contributed by atoms with van der Waals surface area (Å²) in [7, 11) is -3.22. The Morgan fingerprint density at radius 2 is 1.96 bits per heavy atom. The van der Waals surface area contributed by atoms with E-state index in [0.29, 0.717) is 11.8 Å². The molecule has 5 nitrogen and oxygen atoms in total. The van der Waals surface area contributed by atoms with Gasteiger partial charge in [0, 0.05) is 17.7 Å². The molecule has 128 valence electrons. The van der Waals surface area contributed by atoms with E-state index in [1.165, 1.54) is 11.2 Å². The van der Waals surface area contributed by atoms with E-state index in [-0.39, 0.29) is 30.0 Å². The third-order valence-corrected chi connectivity index (χ3v) is 5.68. The van der Waals surface area contributed by atoms with Crippen LogP contribution < -0.4 is 0 Å². The van der Waals surface area contributed by atoms with Gasteiger partial charge in [0.25, 0.3) is 5.91 Å². The first-order valence-electron chi connectivity index (χ1n) is 7.34. The zero-order valence-corrected chi connectivity index (χ0v) is 13.4. The number of nitrogens with zero attached hydrogens (tertiary/aromatic N) is 1. The molecule has 1 amide bonds. The Morgan fingerprint density at radius 1 is 1.25 bits per heavy atom. The van der Waals surface area contributed by atoms with Crippen LogP contribution >= 0.6 is 0 Å². The molecular weight excluding hydrogens is 340 g/mol. The van der Waals surface area contributed by atoms with E-state index in [4.69, 9.17) is 4.42 Å². The van der Waals surface area contributed by atoms with Crippen LogP contribution in [0.25, 0.3) is 0 Å². The molecule has 1 aromatic heterocycles. The van der Waals surface area contributed by atoms with Gasteiger partial charge >= 0.3 is 0 Å². The Kier molecular flexibility index (Phi) is 4.40. The number of amides is 1. The van der Waals surface area contributed by atoms with Gasteiger partial charge in [-0.15, -0.1) is 0 Å². The minimum absolute atomic E-state index is 0.0168. The quantitative estimate of drug-likeness (QED) is 0.845. The largest absolute Gasteiger partial charge is 0.467 e. The number of rotatable bonds is 4. The summed E-state index contributed by atoms with van der Waals surface area (Å²) in [4.78, 5) is 14.0. The fourth-order valence-electron chi connectivity index (χ4n) is 2.80. The number of carbonyl (C=O) groups is 1. The molecule has 1 fully saturated rings. The molecule has 0 radical (unpaired) electrons. The minimum Gasteiger partial charge on any atom is -0.467 e. The first-order chi connectivity index (χ1) is 11.3. The molecule has 1 unspecified atom stereocenters. The van der Waals surface area contributed by atoms with Gasteiger partial charge in [-0.25, -0.2) is 17.2 Å². The van der Waals surface area contributed by atoms with Crippen LogP contribution in [0.15, 0.2) is 41.0 Å². The van der Waals surface area contributed by atoms with Crippen molar-refractivity contribution in [2.24, 2.45) is 0 Å². The second-order valence-corrected chi connectivity index (χ2v) is 7.96. The van der Waals surface area contributed by atoms with Crippen LogP contribution in [0.5, 0.6) is 0 Å². The van der Waals surface area contributed by atoms with E-state index >= 15 is 0 Å². The molecule has 0 saturated carbocycles. The molecular formula is C16H15F2NO4S. The summed E-state index contributed by atoms with van der Waals surface area (Å²) in [5.41, 5.74) is -0.164. The summed E-state index contributed by atoms with van der Waals surface area (Å²) < 4.78 is 55.5. The Hall–Kier alpha value is -2.22. The van der Waals surface area contributed by atoms with Crippen molar-refractivity contribution in [1.29, 1.82) is 0 Å². The van der Waals surface area contributed by atoms with Crippen molar-refractivity contribution >= 4 is 15.7 Å². The zero-order chi connectivity index (χ0) is 17.3. The number of sulfone groups is 1. The third kappa shape index (κ3) is 3.64. The molecule has 2 aromatic rings. The maximum atomic E-state index is 13.4. The van der Waals surface area contributed by atoms with Gasteiger partial charge in [0.1, 0.15) is 17.4 Å². The van der Waals surface area contributed by atoms with Gasteiger partial charge in [-0.3, -0.25) is 4.79 Å². The van der Waals surface area contributed by atoms with E-state index in [0.717, 1.165) is 12.1 Å². The summed E-state index contributed by atoms with van der Waals surface area (Å²) in [6.07, 6.45) is 1.72. The molecule has 3 rings (SSSR count). The normalized spacial score (nSPS) is 19.3. The van der Waals surface area contributed by atoms with Gasteiger partial charge in [0.05, 0.1) is 24.3 Å². The second-order valence-electron chi connectivity index (χ2n) is 5.73. The highest BCUT2D eigenvalue weighted by molar-refractivity contribution is 7.91. The van der Waals surface area contributed by atoms with Gasteiger partial charge < -0.3 is 9.32 Å². The van der Waals surface area contributed by atoms with Crippen LogP contribution in [0.1, 0.15) is 22.5 Å². The Labute approximate surface area is 137 Å². The molecule has 0 N–H and O–H groups in total. The topological polar surface area (TPSA) is 67.6 Å². The molecule has 1 atom stereocenters. The zero-order valence-electron chi connectivity index (χ0n) is 12.6. The molecule has 0 spiro atoms. The van der Waals surface area contributed by atoms with Crippen LogP contribution in [0.2, 0.25) is 0 Å². The first-order valence-corrected chi connectivity index (χ1v) is 9.16. The maximum Gasteiger partial charge on any atom is 0.254 e. The number of carbonyl (C=O) groups excluding carboxylic acids is 1. The van der Waals surface area contributed by atoms with Crippen LogP contribution in [-0.2, 0) is 16.4 Å². The van der Waals surface area contributed by atoms with Crippen LogP contribution in [-0.4, -0.2) is 36.8 Å². The standard InChI is InChI=1S/C16H15F2NO4S/c17-12-6-11(7-13(18)8-12)16(20)19(9-15-2-1-4-23-15)14-3-5-24(21,22)10-14/h1-2,4,6-8,14H,3,5,9-10H2. The lowest BCUT2D eigenvalue weighted by Crippen LogP contribution is -2.40. The molecule has 24 heavy (non-hydrogen) atoms. The van der Waals surface area contributed by atoms with Crippen LogP contribution in [0.4, 0.5) is 8.78 Å². The lowest BCUT2D eigenvalue weighted by molar-refractivity contribution is 0.0665. The van der Waals surface area contributed by atoms with E-state index in [9.17, 15) is 22.0 Å². The number of halogens is 2. The maximum absolute atomic E-state index is 13.4. The fraction of sp³-hybridized carbons (Fsp3) is 0.312. The van der Waals surface area contributed by atoms with E-state index in [1.54, 1.807) is 12.1 Å². The van der Waals surface area contributed by atoms with E-state index in [1.807, 2.05) is 0 Å². The molecule has 1 aromatic carbocycles. The van der Waals surface area contributed by atoms with Crippen LogP contribution in [0.3, 0.4) is 0 Å². The summed E-state index contributed by atoms with van der Waals surface area (Å²) >= 11 is 0. The Balaban J connectivity index is 1.92. The lowest BCUT2D eigenvalue weighted by Gasteiger charge is -2.27. The predicted molar refractivity (Wildman–Crippen MR) is 82.0 cm³/mol. The third-order valence-electron chi connectivity index (χ3n) is 3.93. The highest BCUT2D eigenvalue weighted by Crippen LogP contribution is 2.23. The van der Waals surface area contributed by atoms with Gasteiger partial charge in [0.2, 0.25) is 0 Å². The average molecular weight is 355 g/mol. The van der Waals surface area contributed by atoms with Crippen molar-refractivity contribution < 1.29 is 26.4 Å². The molecule has 2 heterocycles. The molecule has 0 aliphatic carbocycles. The van der Waals surface area contributed by atoms with Crippen molar-refractivity contribution in [3.63, 3.8) is 0 Å². The lowest BCUT2D eigenvalue weighted by atomic mass is 10.1. The van der Waals surface area contributed by atoms with Crippen molar-refractivity contribution in [3.05, 3.63) is 59.6 Å². The smallest absolute Gasteiger partial charge is 0.254 e. The summed E-state index contributed by atoms with van der Waals surface area (Å²) in [6, 6.07) is 5.28. The van der Waals surface area contributed by atoms with Crippen LogP contribution in [0, 0.1) is 11.6 Å². The molecule has 0 bridgehead atoms. The van der Waals surface area contributed by atoms with Crippen molar-refractivity contribution in [2.75, 3.05) is 11.5 Å². The number of furan rings is 1. The second kappa shape index (κ2) is 6.35. The van der Waals surface area contributed by atoms with Gasteiger partial charge in [-0.1, -0.05) is 0 Å². The minimum atomic E-state index is -3.22. The monoisotopic (exact) mass is 355 g/mol. The molecule has 1 aliphatic rings. The van der Waals surface area contributed by atoms with Gasteiger partial charge in [-0.05, 0) is 30.7 Å². The van der Waals surface area contributed by atoms with Gasteiger partial charge in [-0.2, -0.15) is 0 Å². The summed E-state index contributed by atoms with van der Waals surface area (Å²) in [6.45, 7) is 0.0319. The van der Waals surface area contributed by atoms with Crippen molar-refractivity contribution in [2.45, 2.75) is 19.0 Å². The Bertz CT molecular complexity index is 829. The van der Waals surface area contributed by atoms with E-state index < -0.39 is 33.4 Å². The molecule has 1 aliphatic heterocycles. The van der Waals surface area contributed by atoms with Gasteiger partial charge in [0.15, 0.2) is 9.84 Å². The fourth-order valence-corrected chi connectivity index (χ4v) is 4.53. The first kappa shape index (κ1) is 16.6. The number of hydrogen-bond acceptors (Lipinski definition) is 4. The number of benzene rings is 1. The molecule has 1 saturated heterocycles. The number of hydrogen-bond donors (Lipinski definition) is 0. The molecule has 8 heteroatoms. The predicted octanol–water partition coefficient (Wildman–Crippen LogP) is 2.39. The van der Waals surface area contributed by atoms with Crippen molar-refractivity contribution in [3.8, 4) is 0 Å². The Morgan fingerprint density at radius 3 is 2.50 bits per heavy atom. The van der Waals surface area contributed by atoms with Crippen molar-refractivity contribution in [1.82, 2.24) is 4.90 Å². The van der Waals surface area contributed by atoms with E-state index in [2.05, 4.69) is 0 Å². The highest BCUT2D eigenvalue weighted by atomic mass is 32.2. The average Bonchev–Trinajstić information content (AvgIpc) is 3.12. The summed E-state index contributed by atoms with van der Waals surface area (Å²) in [5, 5.41) is 0.